The SMILES string of the molecule is C1CC2CNC(c3nn4c(C5CCOC5)nnc4s3)C2C1. The summed E-state index contributed by atoms with van der Waals surface area (Å²) >= 11 is 1.70. The molecule has 7 heteroatoms. The van der Waals surface area contributed by atoms with E-state index in [-0.39, 0.29) is 0 Å². The molecular weight excluding hydrogens is 286 g/mol. The van der Waals surface area contributed by atoms with E-state index < -0.39 is 0 Å². The molecule has 0 radical (unpaired) electrons. The van der Waals surface area contributed by atoms with Gasteiger partial charge in [0.05, 0.1) is 12.6 Å². The zero-order valence-corrected chi connectivity index (χ0v) is 12.7. The van der Waals surface area contributed by atoms with Crippen LogP contribution >= 0.6 is 11.3 Å². The van der Waals surface area contributed by atoms with Crippen molar-refractivity contribution >= 4 is 16.3 Å². The van der Waals surface area contributed by atoms with Gasteiger partial charge in [-0.05, 0) is 37.6 Å². The fourth-order valence-electron chi connectivity index (χ4n) is 4.22. The van der Waals surface area contributed by atoms with E-state index in [1.807, 2.05) is 4.52 Å². The van der Waals surface area contributed by atoms with Gasteiger partial charge in [0.15, 0.2) is 5.82 Å². The molecule has 1 aliphatic carbocycles. The predicted molar refractivity (Wildman–Crippen MR) is 78.4 cm³/mol. The zero-order valence-electron chi connectivity index (χ0n) is 11.9. The topological polar surface area (TPSA) is 64.3 Å². The molecule has 0 amide bonds. The molecule has 0 aromatic carbocycles. The average Bonchev–Trinajstić information content (AvgIpc) is 3.24. The highest BCUT2D eigenvalue weighted by molar-refractivity contribution is 7.16. The lowest BCUT2D eigenvalue weighted by atomic mass is 9.94. The van der Waals surface area contributed by atoms with Gasteiger partial charge >= 0.3 is 0 Å². The van der Waals surface area contributed by atoms with Crippen molar-refractivity contribution in [3.05, 3.63) is 10.8 Å². The first-order valence-electron chi connectivity index (χ1n) is 7.93. The van der Waals surface area contributed by atoms with E-state index in [4.69, 9.17) is 9.84 Å². The van der Waals surface area contributed by atoms with Crippen LogP contribution in [0.3, 0.4) is 0 Å². The maximum absolute atomic E-state index is 5.48. The van der Waals surface area contributed by atoms with Crippen molar-refractivity contribution in [1.29, 1.82) is 0 Å². The summed E-state index contributed by atoms with van der Waals surface area (Å²) in [5.74, 6) is 2.95. The van der Waals surface area contributed by atoms with E-state index in [0.717, 1.165) is 48.8 Å². The van der Waals surface area contributed by atoms with E-state index in [0.29, 0.717) is 12.0 Å². The van der Waals surface area contributed by atoms with Crippen molar-refractivity contribution in [2.45, 2.75) is 37.6 Å². The second-order valence-corrected chi connectivity index (χ2v) is 7.48. The highest BCUT2D eigenvalue weighted by Crippen LogP contribution is 2.45. The molecule has 4 heterocycles. The third-order valence-electron chi connectivity index (χ3n) is 5.34. The lowest BCUT2D eigenvalue weighted by molar-refractivity contribution is 0.193. The van der Waals surface area contributed by atoms with Crippen molar-refractivity contribution in [2.24, 2.45) is 11.8 Å². The van der Waals surface area contributed by atoms with Crippen LogP contribution in [0.2, 0.25) is 0 Å². The van der Waals surface area contributed by atoms with Gasteiger partial charge in [-0.25, -0.2) is 0 Å². The number of nitrogens with one attached hydrogen (secondary N) is 1. The van der Waals surface area contributed by atoms with Crippen molar-refractivity contribution < 1.29 is 4.74 Å². The van der Waals surface area contributed by atoms with Gasteiger partial charge in [-0.15, -0.1) is 10.2 Å². The molecule has 112 valence electrons. The van der Waals surface area contributed by atoms with Crippen LogP contribution in [0.5, 0.6) is 0 Å². The van der Waals surface area contributed by atoms with E-state index in [2.05, 4.69) is 15.5 Å². The molecule has 5 rings (SSSR count). The summed E-state index contributed by atoms with van der Waals surface area (Å²) in [5, 5.41) is 18.4. The molecule has 3 fully saturated rings. The molecule has 4 atom stereocenters. The van der Waals surface area contributed by atoms with Crippen LogP contribution in [0.1, 0.15) is 48.5 Å². The fourth-order valence-corrected chi connectivity index (χ4v) is 5.22. The first-order chi connectivity index (χ1) is 10.4. The number of ether oxygens (including phenoxy) is 1. The van der Waals surface area contributed by atoms with E-state index in [9.17, 15) is 0 Å². The van der Waals surface area contributed by atoms with Gasteiger partial charge < -0.3 is 10.1 Å². The molecule has 2 aromatic rings. The Labute approximate surface area is 126 Å². The summed E-state index contributed by atoms with van der Waals surface area (Å²) in [7, 11) is 0. The van der Waals surface area contributed by atoms with Crippen molar-refractivity contribution in [3.8, 4) is 0 Å². The number of aromatic nitrogens is 4. The Morgan fingerprint density at radius 3 is 3.14 bits per heavy atom. The van der Waals surface area contributed by atoms with E-state index in [1.165, 1.54) is 24.3 Å². The normalized spacial score (nSPS) is 35.8. The fraction of sp³-hybridized carbons (Fsp3) is 0.786. The van der Waals surface area contributed by atoms with Crippen LogP contribution in [-0.2, 0) is 4.74 Å². The Hall–Kier alpha value is -1.05. The van der Waals surface area contributed by atoms with Gasteiger partial charge in [-0.2, -0.15) is 9.61 Å². The maximum atomic E-state index is 5.48. The molecule has 0 bridgehead atoms. The Kier molecular flexibility index (Phi) is 2.81. The van der Waals surface area contributed by atoms with Gasteiger partial charge in [-0.3, -0.25) is 0 Å². The predicted octanol–water partition coefficient (Wildman–Crippen LogP) is 1.75. The third kappa shape index (κ3) is 1.87. The molecule has 21 heavy (non-hydrogen) atoms. The van der Waals surface area contributed by atoms with Crippen LogP contribution in [0.15, 0.2) is 0 Å². The quantitative estimate of drug-likeness (QED) is 0.916. The lowest BCUT2D eigenvalue weighted by Gasteiger charge is -2.14. The largest absolute Gasteiger partial charge is 0.381 e. The second-order valence-electron chi connectivity index (χ2n) is 6.49. The zero-order chi connectivity index (χ0) is 13.8. The molecular formula is C14H19N5OS. The van der Waals surface area contributed by atoms with Crippen LogP contribution in [-0.4, -0.2) is 39.6 Å². The standard InChI is InChI=1S/C14H19N5OS/c1-2-8-6-15-11(10(8)3-1)13-18-19-12(9-4-5-20-7-9)16-17-14(19)21-13/h8-11,15H,1-7H2. The third-order valence-corrected chi connectivity index (χ3v) is 6.32. The Bertz CT molecular complexity index is 661. The number of fused-ring (bicyclic) bond motifs is 2. The highest BCUT2D eigenvalue weighted by atomic mass is 32.1. The minimum Gasteiger partial charge on any atom is -0.381 e. The van der Waals surface area contributed by atoms with Crippen LogP contribution in [0, 0.1) is 11.8 Å². The molecule has 4 unspecified atom stereocenters. The molecule has 3 aliphatic rings. The summed E-state index contributed by atoms with van der Waals surface area (Å²) in [6.45, 7) is 2.73. The van der Waals surface area contributed by atoms with Crippen LogP contribution < -0.4 is 5.32 Å². The Morgan fingerprint density at radius 1 is 1.24 bits per heavy atom. The highest BCUT2D eigenvalue weighted by Gasteiger charge is 2.41. The number of rotatable bonds is 2. The molecule has 2 aliphatic heterocycles. The second kappa shape index (κ2) is 4.72. The van der Waals surface area contributed by atoms with Crippen LogP contribution in [0.4, 0.5) is 0 Å². The van der Waals surface area contributed by atoms with Crippen molar-refractivity contribution in [2.75, 3.05) is 19.8 Å². The van der Waals surface area contributed by atoms with Gasteiger partial charge in [0, 0.05) is 12.5 Å². The Morgan fingerprint density at radius 2 is 2.24 bits per heavy atom. The smallest absolute Gasteiger partial charge is 0.234 e. The summed E-state index contributed by atoms with van der Waals surface area (Å²) in [6.07, 6.45) is 5.12. The minimum atomic E-state index is 0.353. The van der Waals surface area contributed by atoms with E-state index >= 15 is 0 Å². The minimum absolute atomic E-state index is 0.353. The summed E-state index contributed by atoms with van der Waals surface area (Å²) in [4.78, 5) is 0.926. The monoisotopic (exact) mass is 305 g/mol. The van der Waals surface area contributed by atoms with Crippen LogP contribution in [0.25, 0.3) is 4.96 Å². The summed E-state index contributed by atoms with van der Waals surface area (Å²) in [5.41, 5.74) is 0. The van der Waals surface area contributed by atoms with Crippen molar-refractivity contribution in [3.63, 3.8) is 0 Å². The first kappa shape index (κ1) is 12.5. The van der Waals surface area contributed by atoms with Gasteiger partial charge in [0.1, 0.15) is 5.01 Å². The molecule has 0 spiro atoms. The number of hydrogen-bond donors (Lipinski definition) is 1. The average molecular weight is 305 g/mol. The summed E-state index contributed by atoms with van der Waals surface area (Å²) < 4.78 is 7.44. The Balaban J connectivity index is 1.50. The maximum Gasteiger partial charge on any atom is 0.234 e. The molecule has 1 saturated carbocycles. The number of hydrogen-bond acceptors (Lipinski definition) is 6. The van der Waals surface area contributed by atoms with Gasteiger partial charge in [0.2, 0.25) is 4.96 Å². The van der Waals surface area contributed by atoms with Crippen molar-refractivity contribution in [1.82, 2.24) is 25.1 Å². The van der Waals surface area contributed by atoms with E-state index in [1.54, 1.807) is 11.3 Å². The lowest BCUT2D eigenvalue weighted by Crippen LogP contribution is -2.18. The molecule has 6 nitrogen and oxygen atoms in total. The summed E-state index contributed by atoms with van der Waals surface area (Å²) in [6, 6.07) is 0.428. The van der Waals surface area contributed by atoms with Gasteiger partial charge in [-0.1, -0.05) is 17.8 Å². The molecule has 2 aromatic heterocycles. The first-order valence-corrected chi connectivity index (χ1v) is 8.75. The molecule has 1 N–H and O–H groups in total. The van der Waals surface area contributed by atoms with Gasteiger partial charge in [0.25, 0.3) is 0 Å². The number of nitrogens with zero attached hydrogens (tertiary/aromatic N) is 4. The molecule has 2 saturated heterocycles.